The molecule has 1 aromatic carbocycles. The lowest BCUT2D eigenvalue weighted by Crippen LogP contribution is -2.41. The highest BCUT2D eigenvalue weighted by Gasteiger charge is 2.22. The molecule has 0 fully saturated rings. The van der Waals surface area contributed by atoms with Gasteiger partial charge in [-0.1, -0.05) is 19.9 Å². The van der Waals surface area contributed by atoms with Gasteiger partial charge in [-0.3, -0.25) is 4.79 Å². The number of aliphatic hydroxyl groups excluding tert-OH is 1. The maximum absolute atomic E-state index is 12.4. The Bertz CT molecular complexity index is 652. The molecule has 114 valence electrons. The van der Waals surface area contributed by atoms with Gasteiger partial charge in [0.05, 0.1) is 30.8 Å². The number of thiophene rings is 1. The number of nitrogen functional groups attached to an aromatic ring is 1. The summed E-state index contributed by atoms with van der Waals surface area (Å²) in [4.78, 5) is 12.8. The Morgan fingerprint density at radius 2 is 2.19 bits per heavy atom. The fourth-order valence-corrected chi connectivity index (χ4v) is 3.18. The van der Waals surface area contributed by atoms with Gasteiger partial charge >= 0.3 is 0 Å². The van der Waals surface area contributed by atoms with Crippen LogP contribution in [0.15, 0.2) is 18.2 Å². The van der Waals surface area contributed by atoms with Crippen molar-refractivity contribution < 1.29 is 14.6 Å². The van der Waals surface area contributed by atoms with Crippen LogP contribution in [0.2, 0.25) is 0 Å². The van der Waals surface area contributed by atoms with E-state index in [4.69, 9.17) is 10.5 Å². The van der Waals surface area contributed by atoms with E-state index in [-0.39, 0.29) is 24.5 Å². The van der Waals surface area contributed by atoms with Gasteiger partial charge in [0.1, 0.15) is 10.6 Å². The lowest BCUT2D eigenvalue weighted by Gasteiger charge is -2.19. The van der Waals surface area contributed by atoms with E-state index in [1.165, 1.54) is 11.3 Å². The molecule has 0 aliphatic rings. The van der Waals surface area contributed by atoms with Crippen LogP contribution in [-0.2, 0) is 0 Å². The van der Waals surface area contributed by atoms with Gasteiger partial charge in [-0.05, 0) is 18.1 Å². The van der Waals surface area contributed by atoms with Crippen molar-refractivity contribution in [2.45, 2.75) is 19.9 Å². The Balaban J connectivity index is 2.38. The van der Waals surface area contributed by atoms with Crippen molar-refractivity contribution in [3.63, 3.8) is 0 Å². The third-order valence-corrected chi connectivity index (χ3v) is 4.63. The first-order valence-electron chi connectivity index (χ1n) is 6.76. The van der Waals surface area contributed by atoms with Gasteiger partial charge in [0.25, 0.3) is 5.91 Å². The van der Waals surface area contributed by atoms with E-state index >= 15 is 0 Å². The number of ether oxygens (including phenoxy) is 1. The number of benzene rings is 1. The summed E-state index contributed by atoms with van der Waals surface area (Å²) in [5.41, 5.74) is 6.54. The van der Waals surface area contributed by atoms with Crippen LogP contribution in [0, 0.1) is 5.92 Å². The van der Waals surface area contributed by atoms with Crippen LogP contribution in [-0.4, -0.2) is 30.8 Å². The van der Waals surface area contributed by atoms with Crippen LogP contribution in [0.3, 0.4) is 0 Å². The van der Waals surface area contributed by atoms with Crippen molar-refractivity contribution in [1.29, 1.82) is 0 Å². The average Bonchev–Trinajstić information content (AvgIpc) is 2.81. The van der Waals surface area contributed by atoms with Crippen LogP contribution in [0.1, 0.15) is 23.5 Å². The van der Waals surface area contributed by atoms with Gasteiger partial charge in [-0.2, -0.15) is 0 Å². The van der Waals surface area contributed by atoms with E-state index in [0.717, 1.165) is 10.1 Å². The summed E-state index contributed by atoms with van der Waals surface area (Å²) >= 11 is 1.33. The highest BCUT2D eigenvalue weighted by molar-refractivity contribution is 7.21. The molecule has 21 heavy (non-hydrogen) atoms. The number of fused-ring (bicyclic) bond motifs is 1. The zero-order valence-corrected chi connectivity index (χ0v) is 13.2. The molecule has 0 radical (unpaired) electrons. The Labute approximate surface area is 127 Å². The Morgan fingerprint density at radius 1 is 1.48 bits per heavy atom. The van der Waals surface area contributed by atoms with Crippen molar-refractivity contribution in [1.82, 2.24) is 5.32 Å². The number of nitrogens with one attached hydrogen (secondary N) is 1. The summed E-state index contributed by atoms with van der Waals surface area (Å²) in [5.74, 6) is 0.537. The first-order valence-corrected chi connectivity index (χ1v) is 7.58. The Kier molecular flexibility index (Phi) is 4.69. The fourth-order valence-electron chi connectivity index (χ4n) is 2.14. The molecule has 1 aromatic heterocycles. The Morgan fingerprint density at radius 3 is 2.76 bits per heavy atom. The standard InChI is InChI=1S/C15H20N2O3S/c1-8(2)9(7-18)17-15(19)14-13(16)12-10(20-3)5-4-6-11(12)21-14/h4-6,8-9,18H,7,16H2,1-3H3,(H,17,19). The van der Waals surface area contributed by atoms with Crippen molar-refractivity contribution >= 4 is 33.0 Å². The summed E-state index contributed by atoms with van der Waals surface area (Å²) in [6.45, 7) is 3.79. The normalized spacial score (nSPS) is 12.6. The number of carbonyl (C=O) groups excluding carboxylic acids is 1. The lowest BCUT2D eigenvalue weighted by molar-refractivity contribution is 0.0902. The van der Waals surface area contributed by atoms with Crippen molar-refractivity contribution in [2.24, 2.45) is 5.92 Å². The molecular formula is C15H20N2O3S. The number of hydrogen-bond acceptors (Lipinski definition) is 5. The van der Waals surface area contributed by atoms with Crippen LogP contribution in [0.25, 0.3) is 10.1 Å². The molecule has 2 aromatic rings. The van der Waals surface area contributed by atoms with Gasteiger partial charge in [0, 0.05) is 4.70 Å². The number of amides is 1. The highest BCUT2D eigenvalue weighted by atomic mass is 32.1. The number of nitrogens with two attached hydrogens (primary N) is 1. The molecule has 0 bridgehead atoms. The number of aliphatic hydroxyl groups is 1. The Hall–Kier alpha value is -1.79. The molecule has 1 atom stereocenters. The number of carbonyl (C=O) groups is 1. The smallest absolute Gasteiger partial charge is 0.263 e. The first kappa shape index (κ1) is 15.6. The van der Waals surface area contributed by atoms with E-state index in [9.17, 15) is 9.90 Å². The second-order valence-corrected chi connectivity index (χ2v) is 6.24. The maximum atomic E-state index is 12.4. The first-order chi connectivity index (χ1) is 9.99. The van der Waals surface area contributed by atoms with Gasteiger partial charge in [0.2, 0.25) is 0 Å². The number of hydrogen-bond donors (Lipinski definition) is 3. The molecule has 0 aliphatic heterocycles. The van der Waals surface area contributed by atoms with Crippen LogP contribution in [0.4, 0.5) is 5.69 Å². The summed E-state index contributed by atoms with van der Waals surface area (Å²) < 4.78 is 6.20. The minimum atomic E-state index is -0.288. The maximum Gasteiger partial charge on any atom is 0.263 e. The van der Waals surface area contributed by atoms with Crippen LogP contribution < -0.4 is 15.8 Å². The van der Waals surface area contributed by atoms with E-state index < -0.39 is 0 Å². The van der Waals surface area contributed by atoms with Crippen molar-refractivity contribution in [3.05, 3.63) is 23.1 Å². The molecule has 1 heterocycles. The van der Waals surface area contributed by atoms with E-state index in [2.05, 4.69) is 5.32 Å². The summed E-state index contributed by atoms with van der Waals surface area (Å²) in [6.07, 6.45) is 0. The molecular weight excluding hydrogens is 288 g/mol. The molecule has 1 unspecified atom stereocenters. The average molecular weight is 308 g/mol. The molecule has 2 rings (SSSR count). The highest BCUT2D eigenvalue weighted by Crippen LogP contribution is 2.39. The largest absolute Gasteiger partial charge is 0.496 e. The minimum Gasteiger partial charge on any atom is -0.496 e. The SMILES string of the molecule is COc1cccc2sc(C(=O)NC(CO)C(C)C)c(N)c12. The fraction of sp³-hybridized carbons (Fsp3) is 0.400. The van der Waals surface area contributed by atoms with E-state index in [0.29, 0.717) is 16.3 Å². The predicted molar refractivity (Wildman–Crippen MR) is 86.0 cm³/mol. The molecule has 0 aliphatic carbocycles. The monoisotopic (exact) mass is 308 g/mol. The molecule has 0 spiro atoms. The summed E-state index contributed by atoms with van der Waals surface area (Å²) in [6, 6.07) is 5.30. The molecule has 4 N–H and O–H groups in total. The zero-order chi connectivity index (χ0) is 15.6. The van der Waals surface area contributed by atoms with Gasteiger partial charge < -0.3 is 20.9 Å². The van der Waals surface area contributed by atoms with Crippen molar-refractivity contribution in [2.75, 3.05) is 19.5 Å². The van der Waals surface area contributed by atoms with Gasteiger partial charge in [-0.25, -0.2) is 0 Å². The third-order valence-electron chi connectivity index (χ3n) is 3.46. The number of anilines is 1. The number of rotatable bonds is 5. The molecule has 0 saturated heterocycles. The topological polar surface area (TPSA) is 84.6 Å². The van der Waals surface area contributed by atoms with Crippen LogP contribution in [0.5, 0.6) is 5.75 Å². The number of methoxy groups -OCH3 is 1. The molecule has 5 nitrogen and oxygen atoms in total. The van der Waals surface area contributed by atoms with E-state index in [1.807, 2.05) is 32.0 Å². The third kappa shape index (κ3) is 2.96. The molecule has 0 saturated carbocycles. The van der Waals surface area contributed by atoms with Crippen molar-refractivity contribution in [3.8, 4) is 5.75 Å². The molecule has 1 amide bonds. The quantitative estimate of drug-likeness (QED) is 0.791. The second kappa shape index (κ2) is 6.32. The van der Waals surface area contributed by atoms with Gasteiger partial charge in [-0.15, -0.1) is 11.3 Å². The van der Waals surface area contributed by atoms with E-state index in [1.54, 1.807) is 7.11 Å². The summed E-state index contributed by atoms with van der Waals surface area (Å²) in [7, 11) is 1.58. The molecule has 6 heteroatoms. The second-order valence-electron chi connectivity index (χ2n) is 5.18. The van der Waals surface area contributed by atoms with Crippen LogP contribution >= 0.6 is 11.3 Å². The predicted octanol–water partition coefficient (Wildman–Crippen LogP) is 2.24. The zero-order valence-electron chi connectivity index (χ0n) is 12.3. The van der Waals surface area contributed by atoms with Gasteiger partial charge in [0.15, 0.2) is 0 Å². The lowest BCUT2D eigenvalue weighted by atomic mass is 10.1. The minimum absolute atomic E-state index is 0.0997. The summed E-state index contributed by atoms with van der Waals surface area (Å²) in [5, 5.41) is 12.9.